The highest BCUT2D eigenvalue weighted by molar-refractivity contribution is 6.31. The van der Waals surface area contributed by atoms with Crippen LogP contribution in [0, 0.1) is 5.82 Å². The number of fused-ring (bicyclic) bond motifs is 1. The van der Waals surface area contributed by atoms with Crippen LogP contribution in [0.2, 0.25) is 5.02 Å². The molecule has 0 saturated heterocycles. The summed E-state index contributed by atoms with van der Waals surface area (Å²) in [6.45, 7) is 0. The van der Waals surface area contributed by atoms with Crippen LogP contribution in [0.15, 0.2) is 42.6 Å². The number of aromatic nitrogens is 1. The van der Waals surface area contributed by atoms with Gasteiger partial charge in [0, 0.05) is 17.1 Å². The van der Waals surface area contributed by atoms with Crippen LogP contribution >= 0.6 is 11.6 Å². The van der Waals surface area contributed by atoms with E-state index in [1.54, 1.807) is 18.3 Å². The van der Waals surface area contributed by atoms with E-state index in [0.717, 1.165) is 27.6 Å². The van der Waals surface area contributed by atoms with Crippen LogP contribution in [0.25, 0.3) is 22.0 Å². The van der Waals surface area contributed by atoms with Crippen LogP contribution in [-0.4, -0.2) is 10.9 Å². The first-order chi connectivity index (χ1) is 10.0. The number of nitrogens with one attached hydrogen (secondary N) is 1. The van der Waals surface area contributed by atoms with Crippen LogP contribution in [-0.2, 0) is 11.2 Å². The Kier molecular flexibility index (Phi) is 3.39. The number of benzene rings is 2. The third-order valence-corrected chi connectivity index (χ3v) is 3.67. The van der Waals surface area contributed by atoms with Crippen molar-refractivity contribution in [3.05, 3.63) is 59.0 Å². The van der Waals surface area contributed by atoms with Crippen molar-refractivity contribution in [1.82, 2.24) is 4.98 Å². The maximum Gasteiger partial charge on any atom is 0.221 e. The summed E-state index contributed by atoms with van der Waals surface area (Å²) in [6, 6.07) is 10.3. The van der Waals surface area contributed by atoms with Gasteiger partial charge in [0.2, 0.25) is 5.91 Å². The lowest BCUT2D eigenvalue weighted by atomic mass is 10.0. The molecule has 3 rings (SSSR count). The Labute approximate surface area is 125 Å². The van der Waals surface area contributed by atoms with Gasteiger partial charge in [0.25, 0.3) is 0 Å². The van der Waals surface area contributed by atoms with Crippen LogP contribution in [0.1, 0.15) is 5.56 Å². The molecule has 1 heterocycles. The summed E-state index contributed by atoms with van der Waals surface area (Å²) in [5.74, 6) is -0.830. The summed E-state index contributed by atoms with van der Waals surface area (Å²) in [4.78, 5) is 14.2. The van der Waals surface area contributed by atoms with E-state index in [1.165, 1.54) is 6.07 Å². The van der Waals surface area contributed by atoms with E-state index in [1.807, 2.05) is 18.2 Å². The molecule has 0 aliphatic heterocycles. The fourth-order valence-electron chi connectivity index (χ4n) is 2.37. The molecule has 0 bridgehead atoms. The van der Waals surface area contributed by atoms with Crippen molar-refractivity contribution in [3.63, 3.8) is 0 Å². The van der Waals surface area contributed by atoms with Gasteiger partial charge >= 0.3 is 0 Å². The molecule has 0 aliphatic carbocycles. The number of halogens is 2. The number of carbonyl (C=O) groups excluding carboxylic acids is 1. The molecule has 1 amide bonds. The van der Waals surface area contributed by atoms with E-state index in [9.17, 15) is 9.18 Å². The topological polar surface area (TPSA) is 58.9 Å². The van der Waals surface area contributed by atoms with Crippen LogP contribution in [0.4, 0.5) is 4.39 Å². The fourth-order valence-corrected chi connectivity index (χ4v) is 2.55. The first kappa shape index (κ1) is 13.6. The van der Waals surface area contributed by atoms with Crippen LogP contribution < -0.4 is 5.73 Å². The predicted octanol–water partition coefficient (Wildman–Crippen LogP) is 3.66. The van der Waals surface area contributed by atoms with E-state index in [0.29, 0.717) is 0 Å². The van der Waals surface area contributed by atoms with E-state index in [2.05, 4.69) is 4.98 Å². The summed E-state index contributed by atoms with van der Waals surface area (Å²) < 4.78 is 13.2. The first-order valence-electron chi connectivity index (χ1n) is 6.38. The van der Waals surface area contributed by atoms with Crippen LogP contribution in [0.3, 0.4) is 0 Å². The molecule has 2 aromatic carbocycles. The molecule has 0 fully saturated rings. The molecular formula is C16H12ClFN2O. The van der Waals surface area contributed by atoms with Crippen molar-refractivity contribution in [3.8, 4) is 11.1 Å². The molecule has 3 aromatic rings. The zero-order chi connectivity index (χ0) is 15.0. The average Bonchev–Trinajstić information content (AvgIpc) is 2.84. The molecule has 1 aromatic heterocycles. The smallest absolute Gasteiger partial charge is 0.221 e. The molecule has 3 nitrogen and oxygen atoms in total. The van der Waals surface area contributed by atoms with Gasteiger partial charge < -0.3 is 10.7 Å². The minimum Gasteiger partial charge on any atom is -0.369 e. The minimum absolute atomic E-state index is 0.0824. The number of aromatic amines is 1. The van der Waals surface area contributed by atoms with Gasteiger partial charge in [-0.05, 0) is 41.0 Å². The molecule has 21 heavy (non-hydrogen) atoms. The monoisotopic (exact) mass is 302 g/mol. The third kappa shape index (κ3) is 2.62. The van der Waals surface area contributed by atoms with Gasteiger partial charge in [-0.15, -0.1) is 0 Å². The van der Waals surface area contributed by atoms with E-state index >= 15 is 0 Å². The Balaban J connectivity index is 2.10. The summed E-state index contributed by atoms with van der Waals surface area (Å²) in [5.41, 5.74) is 8.72. The lowest BCUT2D eigenvalue weighted by molar-refractivity contribution is -0.117. The van der Waals surface area contributed by atoms with Crippen molar-refractivity contribution < 1.29 is 9.18 Å². The molecule has 0 atom stereocenters. The average molecular weight is 303 g/mol. The summed E-state index contributed by atoms with van der Waals surface area (Å²) in [5, 5.41) is 1.01. The van der Waals surface area contributed by atoms with Crippen LogP contribution in [0.5, 0.6) is 0 Å². The molecule has 0 aliphatic rings. The summed E-state index contributed by atoms with van der Waals surface area (Å²) in [7, 11) is 0. The number of carbonyl (C=O) groups is 1. The predicted molar refractivity (Wildman–Crippen MR) is 81.6 cm³/mol. The normalized spacial score (nSPS) is 11.0. The molecular weight excluding hydrogens is 291 g/mol. The fraction of sp³-hybridized carbons (Fsp3) is 0.0625. The number of hydrogen-bond acceptors (Lipinski definition) is 1. The summed E-state index contributed by atoms with van der Waals surface area (Å²) >= 11 is 5.82. The van der Waals surface area contributed by atoms with Crippen molar-refractivity contribution in [2.75, 3.05) is 0 Å². The van der Waals surface area contributed by atoms with Crippen molar-refractivity contribution >= 4 is 28.4 Å². The van der Waals surface area contributed by atoms with Gasteiger partial charge in [-0.3, -0.25) is 4.79 Å². The number of primary amides is 1. The van der Waals surface area contributed by atoms with E-state index in [-0.39, 0.29) is 17.4 Å². The third-order valence-electron chi connectivity index (χ3n) is 3.39. The highest BCUT2D eigenvalue weighted by atomic mass is 35.5. The number of rotatable bonds is 3. The number of nitrogens with two attached hydrogens (primary N) is 1. The second-order valence-corrected chi connectivity index (χ2v) is 5.25. The quantitative estimate of drug-likeness (QED) is 0.762. The summed E-state index contributed by atoms with van der Waals surface area (Å²) in [6.07, 6.45) is 1.95. The first-order valence-corrected chi connectivity index (χ1v) is 6.76. The zero-order valence-corrected chi connectivity index (χ0v) is 11.7. The molecule has 5 heteroatoms. The largest absolute Gasteiger partial charge is 0.369 e. The maximum atomic E-state index is 13.2. The molecule has 0 radical (unpaired) electrons. The Morgan fingerprint density at radius 2 is 1.90 bits per heavy atom. The Hall–Kier alpha value is -2.33. The van der Waals surface area contributed by atoms with Crippen molar-refractivity contribution in [1.29, 1.82) is 0 Å². The van der Waals surface area contributed by atoms with E-state index < -0.39 is 5.82 Å². The number of hydrogen-bond donors (Lipinski definition) is 2. The number of H-pyrrole nitrogens is 1. The number of amides is 1. The van der Waals surface area contributed by atoms with E-state index in [4.69, 9.17) is 17.3 Å². The molecule has 106 valence electrons. The molecule has 0 unspecified atom stereocenters. The highest BCUT2D eigenvalue weighted by Crippen LogP contribution is 2.29. The Bertz CT molecular complexity index is 841. The lowest BCUT2D eigenvalue weighted by Gasteiger charge is -2.04. The van der Waals surface area contributed by atoms with Gasteiger partial charge in [-0.2, -0.15) is 0 Å². The molecule has 3 N–H and O–H groups in total. The van der Waals surface area contributed by atoms with Crippen molar-refractivity contribution in [2.24, 2.45) is 5.73 Å². The Morgan fingerprint density at radius 3 is 2.62 bits per heavy atom. The molecule has 0 saturated carbocycles. The Morgan fingerprint density at radius 1 is 1.19 bits per heavy atom. The second-order valence-electron chi connectivity index (χ2n) is 4.85. The van der Waals surface area contributed by atoms with Gasteiger partial charge in [0.05, 0.1) is 11.4 Å². The highest BCUT2D eigenvalue weighted by Gasteiger charge is 2.09. The zero-order valence-electron chi connectivity index (χ0n) is 11.0. The SMILES string of the molecule is NC(=O)Cc1c[nH]c2ccc(-c3ccc(F)c(Cl)c3)cc12. The lowest BCUT2D eigenvalue weighted by Crippen LogP contribution is -2.13. The van der Waals surface area contributed by atoms with Gasteiger partial charge in [-0.1, -0.05) is 23.7 Å². The minimum atomic E-state index is -0.447. The van der Waals surface area contributed by atoms with Gasteiger partial charge in [0.1, 0.15) is 5.82 Å². The standard InChI is InChI=1S/C16H12ClFN2O/c17-13-6-10(1-3-14(13)18)9-2-4-15-12(5-9)11(8-20-15)7-16(19)21/h1-6,8,20H,7H2,(H2,19,21). The van der Waals surface area contributed by atoms with Crippen molar-refractivity contribution in [2.45, 2.75) is 6.42 Å². The van der Waals surface area contributed by atoms with Gasteiger partial charge in [-0.25, -0.2) is 4.39 Å². The molecule has 0 spiro atoms. The van der Waals surface area contributed by atoms with Gasteiger partial charge in [0.15, 0.2) is 0 Å². The maximum absolute atomic E-state index is 13.2. The second kappa shape index (κ2) is 5.22.